The zero-order valence-corrected chi connectivity index (χ0v) is 9.03. The number of quaternary nitrogens is 1. The van der Waals surface area contributed by atoms with E-state index in [9.17, 15) is 14.7 Å². The molecule has 0 unspecified atom stereocenters. The molecule has 0 aromatic carbocycles. The van der Waals surface area contributed by atoms with E-state index in [-0.39, 0.29) is 24.7 Å². The van der Waals surface area contributed by atoms with Gasteiger partial charge < -0.3 is 21.5 Å². The lowest BCUT2D eigenvalue weighted by molar-refractivity contribution is -0.901. The molecular weight excluding hydrogens is 198 g/mol. The third kappa shape index (κ3) is 9.17. The SMILES string of the molecule is C[C@@H](O)C[NH+](CCC(N)=O)CCC(N)=O. The average molecular weight is 218 g/mol. The maximum atomic E-state index is 10.6. The first kappa shape index (κ1) is 13.9. The second kappa shape index (κ2) is 7.19. The number of nitrogens with one attached hydrogen (secondary N) is 1. The molecule has 0 spiro atoms. The van der Waals surface area contributed by atoms with E-state index in [0.717, 1.165) is 4.90 Å². The van der Waals surface area contributed by atoms with E-state index in [1.165, 1.54) is 0 Å². The lowest BCUT2D eigenvalue weighted by atomic mass is 10.3. The highest BCUT2D eigenvalue weighted by Crippen LogP contribution is 1.76. The zero-order valence-electron chi connectivity index (χ0n) is 9.03. The van der Waals surface area contributed by atoms with E-state index in [1.807, 2.05) is 0 Å². The van der Waals surface area contributed by atoms with Crippen LogP contribution in [0.2, 0.25) is 0 Å². The van der Waals surface area contributed by atoms with Crippen LogP contribution in [0.5, 0.6) is 0 Å². The first-order valence-electron chi connectivity index (χ1n) is 5.00. The van der Waals surface area contributed by atoms with Gasteiger partial charge in [0.2, 0.25) is 11.8 Å². The number of rotatable bonds is 8. The second-order valence-electron chi connectivity index (χ2n) is 3.74. The van der Waals surface area contributed by atoms with Crippen LogP contribution < -0.4 is 16.4 Å². The summed E-state index contributed by atoms with van der Waals surface area (Å²) in [6.07, 6.45) is 0.0301. The topological polar surface area (TPSA) is 111 Å². The van der Waals surface area contributed by atoms with E-state index < -0.39 is 6.10 Å². The van der Waals surface area contributed by atoms with E-state index in [1.54, 1.807) is 6.92 Å². The van der Waals surface area contributed by atoms with Crippen LogP contribution >= 0.6 is 0 Å². The van der Waals surface area contributed by atoms with Crippen molar-refractivity contribution < 1.29 is 19.6 Å². The van der Waals surface area contributed by atoms with Crippen LogP contribution in [0, 0.1) is 0 Å². The Bertz CT molecular complexity index is 201. The van der Waals surface area contributed by atoms with Crippen LogP contribution in [0.1, 0.15) is 19.8 Å². The summed E-state index contributed by atoms with van der Waals surface area (Å²) in [6, 6.07) is 0. The molecule has 88 valence electrons. The Hall–Kier alpha value is -1.14. The van der Waals surface area contributed by atoms with Gasteiger partial charge in [0.05, 0.1) is 25.9 Å². The van der Waals surface area contributed by atoms with Crippen molar-refractivity contribution in [3.63, 3.8) is 0 Å². The van der Waals surface area contributed by atoms with Gasteiger partial charge in [-0.05, 0) is 6.92 Å². The molecule has 0 aromatic rings. The molecule has 0 aliphatic heterocycles. The number of aliphatic hydroxyl groups is 1. The summed E-state index contributed by atoms with van der Waals surface area (Å²) in [5, 5.41) is 9.20. The van der Waals surface area contributed by atoms with Gasteiger partial charge in [0.1, 0.15) is 12.6 Å². The Morgan fingerprint density at radius 3 is 1.87 bits per heavy atom. The van der Waals surface area contributed by atoms with Gasteiger partial charge in [0.25, 0.3) is 0 Å². The van der Waals surface area contributed by atoms with Gasteiger partial charge in [0.15, 0.2) is 0 Å². The molecule has 0 radical (unpaired) electrons. The van der Waals surface area contributed by atoms with Gasteiger partial charge in [-0.1, -0.05) is 0 Å². The Morgan fingerprint density at radius 1 is 1.20 bits per heavy atom. The van der Waals surface area contributed by atoms with E-state index >= 15 is 0 Å². The number of carbonyl (C=O) groups is 2. The van der Waals surface area contributed by atoms with Gasteiger partial charge in [-0.15, -0.1) is 0 Å². The fourth-order valence-electron chi connectivity index (χ4n) is 1.35. The molecule has 6 heteroatoms. The second-order valence-corrected chi connectivity index (χ2v) is 3.74. The van der Waals surface area contributed by atoms with Crippen molar-refractivity contribution in [2.24, 2.45) is 11.5 Å². The summed E-state index contributed by atoms with van der Waals surface area (Å²) in [6.45, 7) is 3.19. The Balaban J connectivity index is 3.94. The lowest BCUT2D eigenvalue weighted by Gasteiger charge is -2.19. The average Bonchev–Trinajstić information content (AvgIpc) is 2.08. The highest BCUT2D eigenvalue weighted by molar-refractivity contribution is 5.74. The molecule has 0 saturated heterocycles. The summed E-state index contributed by atoms with van der Waals surface area (Å²) in [5.41, 5.74) is 10.0. The molecule has 1 atom stereocenters. The van der Waals surface area contributed by atoms with Gasteiger partial charge in [-0.3, -0.25) is 9.59 Å². The predicted octanol–water partition coefficient (Wildman–Crippen LogP) is -3.00. The molecular formula is C9H20N3O3+. The van der Waals surface area contributed by atoms with Crippen LogP contribution in [0.25, 0.3) is 0 Å². The van der Waals surface area contributed by atoms with Gasteiger partial charge >= 0.3 is 0 Å². The van der Waals surface area contributed by atoms with Crippen molar-refractivity contribution in [2.75, 3.05) is 19.6 Å². The minimum atomic E-state index is -0.472. The zero-order chi connectivity index (χ0) is 11.8. The van der Waals surface area contributed by atoms with Crippen molar-refractivity contribution in [3.05, 3.63) is 0 Å². The number of aliphatic hydroxyl groups excluding tert-OH is 1. The van der Waals surface area contributed by atoms with Crippen molar-refractivity contribution in [3.8, 4) is 0 Å². The summed E-state index contributed by atoms with van der Waals surface area (Å²) in [7, 11) is 0. The van der Waals surface area contributed by atoms with Crippen molar-refractivity contribution in [1.29, 1.82) is 0 Å². The normalized spacial score (nSPS) is 12.7. The Morgan fingerprint density at radius 2 is 1.60 bits per heavy atom. The molecule has 0 aromatic heterocycles. The van der Waals surface area contributed by atoms with Crippen molar-refractivity contribution in [2.45, 2.75) is 25.9 Å². The maximum Gasteiger partial charge on any atom is 0.223 e. The Kier molecular flexibility index (Phi) is 6.64. The molecule has 0 rings (SSSR count). The number of primary amides is 2. The van der Waals surface area contributed by atoms with Crippen LogP contribution in [-0.4, -0.2) is 42.7 Å². The van der Waals surface area contributed by atoms with E-state index in [2.05, 4.69) is 0 Å². The molecule has 0 heterocycles. The molecule has 15 heavy (non-hydrogen) atoms. The van der Waals surface area contributed by atoms with Crippen LogP contribution in [0.4, 0.5) is 0 Å². The van der Waals surface area contributed by atoms with Gasteiger partial charge in [-0.2, -0.15) is 0 Å². The standard InChI is InChI=1S/C9H19N3O3/c1-7(13)6-12(4-2-8(10)14)5-3-9(11)15/h7,13H,2-6H2,1H3,(H2,10,14)(H2,11,15)/p+1/t7-/m1/s1. The predicted molar refractivity (Wildman–Crippen MR) is 54.9 cm³/mol. The third-order valence-electron chi connectivity index (χ3n) is 2.03. The number of amides is 2. The molecule has 6 N–H and O–H groups in total. The summed E-state index contributed by atoms with van der Waals surface area (Å²) < 4.78 is 0. The molecule has 0 saturated carbocycles. The molecule has 2 amide bonds. The summed E-state index contributed by atoms with van der Waals surface area (Å²) >= 11 is 0. The van der Waals surface area contributed by atoms with E-state index in [4.69, 9.17) is 11.5 Å². The highest BCUT2D eigenvalue weighted by atomic mass is 16.3. The number of nitrogens with two attached hydrogens (primary N) is 2. The van der Waals surface area contributed by atoms with Crippen LogP contribution in [0.15, 0.2) is 0 Å². The van der Waals surface area contributed by atoms with E-state index in [0.29, 0.717) is 19.6 Å². The smallest absolute Gasteiger partial charge is 0.223 e. The Labute approximate surface area is 89.2 Å². The summed E-state index contributed by atoms with van der Waals surface area (Å²) in [5.74, 6) is -0.755. The minimum Gasteiger partial charge on any atom is -0.388 e. The number of carbonyl (C=O) groups excluding carboxylic acids is 2. The lowest BCUT2D eigenvalue weighted by Crippen LogP contribution is -3.13. The largest absolute Gasteiger partial charge is 0.388 e. The quantitative estimate of drug-likeness (QED) is 0.348. The highest BCUT2D eigenvalue weighted by Gasteiger charge is 2.13. The number of hydrogen-bond donors (Lipinski definition) is 4. The van der Waals surface area contributed by atoms with Gasteiger partial charge in [0, 0.05) is 0 Å². The van der Waals surface area contributed by atoms with Crippen molar-refractivity contribution in [1.82, 2.24) is 0 Å². The van der Waals surface area contributed by atoms with Gasteiger partial charge in [-0.25, -0.2) is 0 Å². The minimum absolute atomic E-state index is 0.251. The number of hydrogen-bond acceptors (Lipinski definition) is 3. The molecule has 0 fully saturated rings. The fourth-order valence-corrected chi connectivity index (χ4v) is 1.35. The third-order valence-corrected chi connectivity index (χ3v) is 2.03. The first-order chi connectivity index (χ1) is 6.91. The van der Waals surface area contributed by atoms with Crippen LogP contribution in [0.3, 0.4) is 0 Å². The first-order valence-corrected chi connectivity index (χ1v) is 5.00. The monoisotopic (exact) mass is 218 g/mol. The molecule has 0 bridgehead atoms. The summed E-state index contributed by atoms with van der Waals surface area (Å²) in [4.78, 5) is 22.1. The maximum absolute atomic E-state index is 10.6. The molecule has 0 aliphatic carbocycles. The van der Waals surface area contributed by atoms with Crippen LogP contribution in [-0.2, 0) is 9.59 Å². The molecule has 0 aliphatic rings. The fraction of sp³-hybridized carbons (Fsp3) is 0.778. The van der Waals surface area contributed by atoms with Crippen molar-refractivity contribution >= 4 is 11.8 Å². The molecule has 6 nitrogen and oxygen atoms in total.